The number of rotatable bonds is 2. The van der Waals surface area contributed by atoms with Gasteiger partial charge in [0.25, 0.3) is 0 Å². The number of hydrogen-bond acceptors (Lipinski definition) is 2. The highest BCUT2D eigenvalue weighted by atomic mass is 16.2. The summed E-state index contributed by atoms with van der Waals surface area (Å²) >= 11 is 0. The summed E-state index contributed by atoms with van der Waals surface area (Å²) in [7, 11) is 0. The van der Waals surface area contributed by atoms with Gasteiger partial charge in [0.05, 0.1) is 0 Å². The lowest BCUT2D eigenvalue weighted by molar-refractivity contribution is -0.139. The van der Waals surface area contributed by atoms with Gasteiger partial charge in [-0.15, -0.1) is 0 Å². The lowest BCUT2D eigenvalue weighted by Gasteiger charge is -2.39. The summed E-state index contributed by atoms with van der Waals surface area (Å²) in [6.07, 6.45) is 1.07. The van der Waals surface area contributed by atoms with Gasteiger partial charge in [0.2, 0.25) is 5.91 Å². The number of carbonyl (C=O) groups is 1. The molecule has 1 fully saturated rings. The number of hydrogen-bond donors (Lipinski definition) is 1. The Morgan fingerprint density at radius 2 is 1.89 bits per heavy atom. The summed E-state index contributed by atoms with van der Waals surface area (Å²) in [5.41, 5.74) is 6.25. The lowest BCUT2D eigenvalue weighted by atomic mass is 9.86. The molecule has 1 aliphatic rings. The van der Waals surface area contributed by atoms with E-state index in [1.165, 1.54) is 0 Å². The van der Waals surface area contributed by atoms with E-state index in [4.69, 9.17) is 5.73 Å². The first-order valence-corrected chi connectivity index (χ1v) is 7.06. The number of carbonyl (C=O) groups excluding carboxylic acids is 1. The van der Waals surface area contributed by atoms with E-state index in [-0.39, 0.29) is 5.91 Å². The first-order chi connectivity index (χ1) is 8.93. The van der Waals surface area contributed by atoms with Crippen LogP contribution in [0.15, 0.2) is 30.3 Å². The average molecular weight is 260 g/mol. The second-order valence-corrected chi connectivity index (χ2v) is 6.06. The van der Waals surface area contributed by atoms with Crippen molar-refractivity contribution in [2.45, 2.75) is 32.7 Å². The Bertz CT molecular complexity index is 441. The number of nitrogens with two attached hydrogens (primary N) is 1. The van der Waals surface area contributed by atoms with E-state index in [0.29, 0.717) is 11.8 Å². The van der Waals surface area contributed by atoms with Gasteiger partial charge in [0.1, 0.15) is 5.54 Å². The molecule has 0 bridgehead atoms. The molecule has 19 heavy (non-hydrogen) atoms. The third-order valence-electron chi connectivity index (χ3n) is 4.44. The summed E-state index contributed by atoms with van der Waals surface area (Å²) in [6, 6.07) is 9.64. The van der Waals surface area contributed by atoms with E-state index >= 15 is 0 Å². The van der Waals surface area contributed by atoms with Crippen LogP contribution in [0.25, 0.3) is 0 Å². The minimum atomic E-state index is -0.929. The molecule has 0 saturated carbocycles. The van der Waals surface area contributed by atoms with Crippen molar-refractivity contribution in [3.63, 3.8) is 0 Å². The summed E-state index contributed by atoms with van der Waals surface area (Å²) in [6.45, 7) is 7.92. The molecule has 104 valence electrons. The molecule has 0 spiro atoms. The van der Waals surface area contributed by atoms with Crippen molar-refractivity contribution >= 4 is 5.91 Å². The standard InChI is InChI=1S/C16H24N2O/c1-12-9-10-18(11-13(12)2)15(19)16(3,17)14-7-5-4-6-8-14/h4-8,12-13H,9-11,17H2,1-3H3. The van der Waals surface area contributed by atoms with Gasteiger partial charge in [-0.05, 0) is 30.7 Å². The zero-order chi connectivity index (χ0) is 14.0. The first kappa shape index (κ1) is 14.1. The van der Waals surface area contributed by atoms with Crippen molar-refractivity contribution in [1.82, 2.24) is 4.90 Å². The highest BCUT2D eigenvalue weighted by Crippen LogP contribution is 2.27. The summed E-state index contributed by atoms with van der Waals surface area (Å²) in [5.74, 6) is 1.27. The fourth-order valence-electron chi connectivity index (χ4n) is 2.68. The van der Waals surface area contributed by atoms with Crippen molar-refractivity contribution in [2.75, 3.05) is 13.1 Å². The minimum absolute atomic E-state index is 0.0393. The predicted molar refractivity (Wildman–Crippen MR) is 77.5 cm³/mol. The van der Waals surface area contributed by atoms with Gasteiger partial charge in [-0.2, -0.15) is 0 Å². The Hall–Kier alpha value is -1.35. The maximum atomic E-state index is 12.7. The van der Waals surface area contributed by atoms with Crippen LogP contribution in [0.4, 0.5) is 0 Å². The van der Waals surface area contributed by atoms with Crippen LogP contribution in [-0.2, 0) is 10.3 Å². The summed E-state index contributed by atoms with van der Waals surface area (Å²) < 4.78 is 0. The van der Waals surface area contributed by atoms with E-state index in [9.17, 15) is 4.79 Å². The van der Waals surface area contributed by atoms with Gasteiger partial charge in [-0.1, -0.05) is 44.2 Å². The normalized spacial score (nSPS) is 26.8. The lowest BCUT2D eigenvalue weighted by Crippen LogP contribution is -2.54. The Balaban J connectivity index is 2.15. The Labute approximate surface area is 115 Å². The van der Waals surface area contributed by atoms with Gasteiger partial charge in [-0.3, -0.25) is 4.79 Å². The quantitative estimate of drug-likeness (QED) is 0.887. The van der Waals surface area contributed by atoms with E-state index in [0.717, 1.165) is 25.1 Å². The number of nitrogens with zero attached hydrogens (tertiary/aromatic N) is 1. The zero-order valence-corrected chi connectivity index (χ0v) is 12.1. The maximum absolute atomic E-state index is 12.7. The molecule has 3 heteroatoms. The summed E-state index contributed by atoms with van der Waals surface area (Å²) in [5, 5.41) is 0. The predicted octanol–water partition coefficient (Wildman–Crippen LogP) is 2.37. The number of amides is 1. The molecule has 2 rings (SSSR count). The monoisotopic (exact) mass is 260 g/mol. The van der Waals surface area contributed by atoms with Crippen LogP contribution >= 0.6 is 0 Å². The summed E-state index contributed by atoms with van der Waals surface area (Å²) in [4.78, 5) is 14.6. The molecular weight excluding hydrogens is 236 g/mol. The molecule has 1 heterocycles. The van der Waals surface area contributed by atoms with Gasteiger partial charge >= 0.3 is 0 Å². The molecule has 1 amide bonds. The molecule has 3 nitrogen and oxygen atoms in total. The SMILES string of the molecule is CC1CCN(C(=O)C(C)(N)c2ccccc2)CC1C. The average Bonchev–Trinajstić information content (AvgIpc) is 2.42. The van der Waals surface area contributed by atoms with Crippen molar-refractivity contribution in [2.24, 2.45) is 17.6 Å². The van der Waals surface area contributed by atoms with Crippen molar-refractivity contribution < 1.29 is 4.79 Å². The molecule has 0 radical (unpaired) electrons. The Morgan fingerprint density at radius 1 is 1.26 bits per heavy atom. The minimum Gasteiger partial charge on any atom is -0.341 e. The van der Waals surface area contributed by atoms with Gasteiger partial charge in [0, 0.05) is 13.1 Å². The van der Waals surface area contributed by atoms with Crippen LogP contribution < -0.4 is 5.73 Å². The topological polar surface area (TPSA) is 46.3 Å². The fraction of sp³-hybridized carbons (Fsp3) is 0.562. The number of likely N-dealkylation sites (tertiary alicyclic amines) is 1. The van der Waals surface area contributed by atoms with Crippen LogP contribution in [0.2, 0.25) is 0 Å². The van der Waals surface area contributed by atoms with E-state index in [1.54, 1.807) is 0 Å². The highest BCUT2D eigenvalue weighted by molar-refractivity contribution is 5.87. The largest absolute Gasteiger partial charge is 0.341 e. The Morgan fingerprint density at radius 3 is 2.47 bits per heavy atom. The van der Waals surface area contributed by atoms with Crippen LogP contribution in [0, 0.1) is 11.8 Å². The van der Waals surface area contributed by atoms with Gasteiger partial charge in [0.15, 0.2) is 0 Å². The van der Waals surface area contributed by atoms with Gasteiger partial charge < -0.3 is 10.6 Å². The third-order valence-corrected chi connectivity index (χ3v) is 4.44. The molecule has 3 atom stereocenters. The second-order valence-electron chi connectivity index (χ2n) is 6.06. The van der Waals surface area contributed by atoms with Crippen molar-refractivity contribution in [3.05, 3.63) is 35.9 Å². The fourth-order valence-corrected chi connectivity index (χ4v) is 2.68. The van der Waals surface area contributed by atoms with Crippen LogP contribution in [0.3, 0.4) is 0 Å². The highest BCUT2D eigenvalue weighted by Gasteiger charge is 2.36. The van der Waals surface area contributed by atoms with Crippen molar-refractivity contribution in [1.29, 1.82) is 0 Å². The Kier molecular flexibility index (Phi) is 3.95. The molecule has 1 aromatic carbocycles. The van der Waals surface area contributed by atoms with Crippen molar-refractivity contribution in [3.8, 4) is 0 Å². The van der Waals surface area contributed by atoms with Gasteiger partial charge in [-0.25, -0.2) is 0 Å². The van der Waals surface area contributed by atoms with E-state index in [1.807, 2.05) is 42.2 Å². The molecular formula is C16H24N2O. The molecule has 1 aromatic rings. The maximum Gasteiger partial charge on any atom is 0.246 e. The van der Waals surface area contributed by atoms with Crippen LogP contribution in [0.1, 0.15) is 32.8 Å². The molecule has 0 aromatic heterocycles. The van der Waals surface area contributed by atoms with Crippen LogP contribution in [0.5, 0.6) is 0 Å². The molecule has 1 aliphatic heterocycles. The van der Waals surface area contributed by atoms with E-state index in [2.05, 4.69) is 13.8 Å². The number of piperidine rings is 1. The zero-order valence-electron chi connectivity index (χ0n) is 12.1. The van der Waals surface area contributed by atoms with Crippen LogP contribution in [-0.4, -0.2) is 23.9 Å². The molecule has 3 unspecified atom stereocenters. The molecule has 1 saturated heterocycles. The number of benzene rings is 1. The van der Waals surface area contributed by atoms with E-state index < -0.39 is 5.54 Å². The second kappa shape index (κ2) is 5.33. The molecule has 0 aliphatic carbocycles. The molecule has 2 N–H and O–H groups in total. The third kappa shape index (κ3) is 2.81. The smallest absolute Gasteiger partial charge is 0.246 e. The first-order valence-electron chi connectivity index (χ1n) is 7.06.